The highest BCUT2D eigenvalue weighted by Gasteiger charge is 2.14. The van der Waals surface area contributed by atoms with Gasteiger partial charge in [0.2, 0.25) is 0 Å². The van der Waals surface area contributed by atoms with Gasteiger partial charge < -0.3 is 20.1 Å². The van der Waals surface area contributed by atoms with Gasteiger partial charge in [-0.1, -0.05) is 155 Å². The lowest BCUT2D eigenvalue weighted by molar-refractivity contribution is 0.0496. The second-order valence-corrected chi connectivity index (χ2v) is 11.1. The summed E-state index contributed by atoms with van der Waals surface area (Å²) in [6, 6.07) is 2.19. The van der Waals surface area contributed by atoms with Crippen molar-refractivity contribution in [2.45, 2.75) is 161 Å². The maximum atomic E-state index is 12.0. The lowest BCUT2D eigenvalue weighted by atomic mass is 10.0. The minimum absolute atomic E-state index is 0.0298. The molecular weight excluding hydrogens is 476 g/mol. The van der Waals surface area contributed by atoms with Crippen molar-refractivity contribution < 1.29 is 24.9 Å². The van der Waals surface area contributed by atoms with Crippen LogP contribution in [-0.4, -0.2) is 27.9 Å². The van der Waals surface area contributed by atoms with Gasteiger partial charge in [-0.2, -0.15) is 0 Å². The second kappa shape index (κ2) is 24.2. The number of esters is 1. The molecule has 0 aromatic heterocycles. The minimum Gasteiger partial charge on any atom is -0.504 e. The van der Waals surface area contributed by atoms with Crippen molar-refractivity contribution >= 4 is 5.97 Å². The third-order valence-corrected chi connectivity index (χ3v) is 7.54. The van der Waals surface area contributed by atoms with Crippen LogP contribution < -0.4 is 0 Å². The molecule has 0 fully saturated rings. The van der Waals surface area contributed by atoms with Gasteiger partial charge in [-0.3, -0.25) is 0 Å². The molecule has 0 atom stereocenters. The van der Waals surface area contributed by atoms with Crippen LogP contribution in [0.4, 0.5) is 0 Å². The maximum Gasteiger partial charge on any atom is 0.338 e. The number of rotatable bonds is 26. The van der Waals surface area contributed by atoms with E-state index in [1.54, 1.807) is 0 Å². The van der Waals surface area contributed by atoms with Crippen LogP contribution in [0, 0.1) is 0 Å². The summed E-state index contributed by atoms with van der Waals surface area (Å²) in [7, 11) is 0. The summed E-state index contributed by atoms with van der Waals surface area (Å²) in [5.41, 5.74) is 0.0298. The fourth-order valence-corrected chi connectivity index (χ4v) is 5.03. The Bertz CT molecular complexity index is 680. The summed E-state index contributed by atoms with van der Waals surface area (Å²) in [6.45, 7) is 2.61. The number of ether oxygens (including phenoxy) is 1. The first-order valence-electron chi connectivity index (χ1n) is 16.0. The molecule has 0 unspecified atom stereocenters. The normalized spacial score (nSPS) is 11.2. The molecule has 0 aliphatic carbocycles. The van der Waals surface area contributed by atoms with E-state index in [1.165, 1.54) is 135 Å². The van der Waals surface area contributed by atoms with Crippen molar-refractivity contribution in [2.24, 2.45) is 0 Å². The first kappa shape index (κ1) is 34.1. The van der Waals surface area contributed by atoms with E-state index in [9.17, 15) is 20.1 Å². The Labute approximate surface area is 233 Å². The largest absolute Gasteiger partial charge is 0.504 e. The topological polar surface area (TPSA) is 87.0 Å². The number of hydrogen-bond acceptors (Lipinski definition) is 5. The average molecular weight is 535 g/mol. The quantitative estimate of drug-likeness (QED) is 0.0625. The van der Waals surface area contributed by atoms with Gasteiger partial charge in [0.15, 0.2) is 17.2 Å². The molecule has 0 saturated heterocycles. The Hall–Kier alpha value is -1.91. The van der Waals surface area contributed by atoms with Gasteiger partial charge in [-0.05, 0) is 18.6 Å². The lowest BCUT2D eigenvalue weighted by Crippen LogP contribution is -2.06. The van der Waals surface area contributed by atoms with E-state index in [-0.39, 0.29) is 5.56 Å². The standard InChI is InChI=1S/C33H58O5/c1-2-3-4-5-6-7-8-9-10-11-12-13-14-15-16-17-18-19-20-21-22-23-24-25-26-38-33(37)29-27-30(34)32(36)31(35)28-29/h27-28,34-36H,2-26H2,1H3. The number of hydrogen-bond donors (Lipinski definition) is 3. The number of carbonyl (C=O) groups is 1. The molecule has 1 aromatic rings. The van der Waals surface area contributed by atoms with E-state index in [0.717, 1.165) is 31.4 Å². The molecule has 0 bridgehead atoms. The van der Waals surface area contributed by atoms with E-state index in [2.05, 4.69) is 6.92 Å². The van der Waals surface area contributed by atoms with Crippen LogP contribution in [0.1, 0.15) is 171 Å². The number of aromatic hydroxyl groups is 3. The molecule has 0 spiro atoms. The smallest absolute Gasteiger partial charge is 0.338 e. The molecule has 5 heteroatoms. The molecular formula is C33H58O5. The summed E-state index contributed by atoms with van der Waals surface area (Å²) in [6.07, 6.45) is 32.4. The van der Waals surface area contributed by atoms with Crippen LogP contribution in [0.3, 0.4) is 0 Å². The Morgan fingerprint density at radius 3 is 1.13 bits per heavy atom. The van der Waals surface area contributed by atoms with E-state index in [4.69, 9.17) is 4.74 Å². The Morgan fingerprint density at radius 1 is 0.526 bits per heavy atom. The highest BCUT2D eigenvalue weighted by molar-refractivity contribution is 5.91. The summed E-state index contributed by atoms with van der Waals surface area (Å²) in [4.78, 5) is 12.0. The minimum atomic E-state index is -0.633. The van der Waals surface area contributed by atoms with Gasteiger partial charge >= 0.3 is 5.97 Å². The molecule has 5 nitrogen and oxygen atoms in total. The maximum absolute atomic E-state index is 12.0. The van der Waals surface area contributed by atoms with Crippen LogP contribution in [-0.2, 0) is 4.74 Å². The van der Waals surface area contributed by atoms with Crippen molar-refractivity contribution in [1.82, 2.24) is 0 Å². The average Bonchev–Trinajstić information content (AvgIpc) is 2.91. The fraction of sp³-hybridized carbons (Fsp3) is 0.788. The Morgan fingerprint density at radius 2 is 0.816 bits per heavy atom. The molecule has 0 aliphatic heterocycles. The number of carbonyl (C=O) groups excluding carboxylic acids is 1. The van der Waals surface area contributed by atoms with Crippen LogP contribution in [0.2, 0.25) is 0 Å². The van der Waals surface area contributed by atoms with Crippen molar-refractivity contribution in [2.75, 3.05) is 6.61 Å². The predicted octanol–water partition coefficient (Wildman–Crippen LogP) is 10.3. The fourth-order valence-electron chi connectivity index (χ4n) is 5.03. The van der Waals surface area contributed by atoms with Crippen LogP contribution in [0.5, 0.6) is 17.2 Å². The van der Waals surface area contributed by atoms with Gasteiger partial charge in [0.05, 0.1) is 12.2 Å². The lowest BCUT2D eigenvalue weighted by Gasteiger charge is -2.07. The van der Waals surface area contributed by atoms with Crippen molar-refractivity contribution in [1.29, 1.82) is 0 Å². The first-order chi connectivity index (χ1) is 18.6. The summed E-state index contributed by atoms with van der Waals surface area (Å²) in [5.74, 6) is -2.31. The molecule has 0 aliphatic rings. The summed E-state index contributed by atoms with van der Waals surface area (Å²) < 4.78 is 5.18. The van der Waals surface area contributed by atoms with E-state index < -0.39 is 23.2 Å². The molecule has 1 aromatic carbocycles. The third-order valence-electron chi connectivity index (χ3n) is 7.54. The second-order valence-electron chi connectivity index (χ2n) is 11.1. The number of phenolic OH excluding ortho intramolecular Hbond substituents is 3. The number of benzene rings is 1. The van der Waals surface area contributed by atoms with E-state index in [1.807, 2.05) is 0 Å². The molecule has 220 valence electrons. The van der Waals surface area contributed by atoms with E-state index in [0.29, 0.717) is 6.61 Å². The van der Waals surface area contributed by atoms with Gasteiger partial charge in [0.1, 0.15) is 0 Å². The SMILES string of the molecule is CCCCCCCCCCCCCCCCCCCCCCCCCCOC(=O)c1cc(O)c(O)c(O)c1. The predicted molar refractivity (Wildman–Crippen MR) is 158 cm³/mol. The van der Waals surface area contributed by atoms with E-state index >= 15 is 0 Å². The summed E-state index contributed by atoms with van der Waals surface area (Å²) in [5, 5.41) is 28.3. The zero-order valence-corrected chi connectivity index (χ0v) is 24.5. The highest BCUT2D eigenvalue weighted by Crippen LogP contribution is 2.35. The van der Waals surface area contributed by atoms with Crippen molar-refractivity contribution in [3.8, 4) is 17.2 Å². The summed E-state index contributed by atoms with van der Waals surface area (Å²) >= 11 is 0. The molecule has 1 rings (SSSR count). The Kier molecular flexibility index (Phi) is 21.7. The molecule has 3 N–H and O–H groups in total. The van der Waals surface area contributed by atoms with Crippen LogP contribution in [0.15, 0.2) is 12.1 Å². The van der Waals surface area contributed by atoms with Gasteiger partial charge in [0.25, 0.3) is 0 Å². The molecule has 0 saturated carbocycles. The zero-order chi connectivity index (χ0) is 27.7. The third kappa shape index (κ3) is 18.4. The van der Waals surface area contributed by atoms with Gasteiger partial charge in [0, 0.05) is 0 Å². The van der Waals surface area contributed by atoms with Gasteiger partial charge in [-0.25, -0.2) is 4.79 Å². The van der Waals surface area contributed by atoms with Gasteiger partial charge in [-0.15, -0.1) is 0 Å². The molecule has 38 heavy (non-hydrogen) atoms. The highest BCUT2D eigenvalue weighted by atomic mass is 16.5. The molecule has 0 heterocycles. The van der Waals surface area contributed by atoms with Crippen molar-refractivity contribution in [3.63, 3.8) is 0 Å². The number of unbranched alkanes of at least 4 members (excludes halogenated alkanes) is 23. The monoisotopic (exact) mass is 534 g/mol. The first-order valence-corrected chi connectivity index (χ1v) is 16.0. The van der Waals surface area contributed by atoms with Crippen LogP contribution >= 0.6 is 0 Å². The molecule has 0 amide bonds. The van der Waals surface area contributed by atoms with Crippen LogP contribution in [0.25, 0.3) is 0 Å². The molecule has 0 radical (unpaired) electrons. The Balaban J connectivity index is 1.76. The van der Waals surface area contributed by atoms with Crippen molar-refractivity contribution in [3.05, 3.63) is 17.7 Å². The number of phenols is 3. The zero-order valence-electron chi connectivity index (χ0n) is 24.5.